The first-order chi connectivity index (χ1) is 16.9. The lowest BCUT2D eigenvalue weighted by atomic mass is 10.1. The molecule has 0 heterocycles. The molecule has 0 fully saturated rings. The summed E-state index contributed by atoms with van der Waals surface area (Å²) in [6.07, 6.45) is 3.07. The van der Waals surface area contributed by atoms with Crippen molar-refractivity contribution in [2.75, 3.05) is 20.8 Å². The highest BCUT2D eigenvalue weighted by Crippen LogP contribution is 2.29. The number of ketones is 1. The summed E-state index contributed by atoms with van der Waals surface area (Å²) < 4.78 is 21.0. The number of ether oxygens (including phenoxy) is 4. The standard InChI is InChI=1S/C27H24O8/c1-32-25-15-21(12-14-24(25)35-17-26(29)30)22(28)13-11-19-5-3-4-6-23(19)34-16-18-7-9-20(10-8-18)27(31)33-2/h3-15H,16-17H2,1-2H3,(H,29,30)/b13-11+. The van der Waals surface area contributed by atoms with Crippen LogP contribution in [0.4, 0.5) is 0 Å². The highest BCUT2D eigenvalue weighted by molar-refractivity contribution is 6.07. The smallest absolute Gasteiger partial charge is 0.341 e. The summed E-state index contributed by atoms with van der Waals surface area (Å²) in [6, 6.07) is 18.7. The molecule has 3 aromatic rings. The van der Waals surface area contributed by atoms with E-state index in [-0.39, 0.29) is 23.9 Å². The van der Waals surface area contributed by atoms with E-state index < -0.39 is 18.5 Å². The van der Waals surface area contributed by atoms with Crippen molar-refractivity contribution in [1.82, 2.24) is 0 Å². The molecule has 0 radical (unpaired) electrons. The Bertz CT molecular complexity index is 1230. The molecule has 0 aliphatic rings. The van der Waals surface area contributed by atoms with Gasteiger partial charge in [0, 0.05) is 11.1 Å². The molecule has 180 valence electrons. The zero-order valence-corrected chi connectivity index (χ0v) is 19.2. The van der Waals surface area contributed by atoms with Crippen LogP contribution < -0.4 is 14.2 Å². The molecule has 0 amide bonds. The van der Waals surface area contributed by atoms with Crippen LogP contribution >= 0.6 is 0 Å². The Kier molecular flexibility index (Phi) is 8.61. The minimum absolute atomic E-state index is 0.230. The third kappa shape index (κ3) is 6.94. The van der Waals surface area contributed by atoms with Gasteiger partial charge in [-0.05, 0) is 54.1 Å². The lowest BCUT2D eigenvalue weighted by molar-refractivity contribution is -0.139. The number of hydrogen-bond acceptors (Lipinski definition) is 7. The minimum Gasteiger partial charge on any atom is -0.493 e. The molecule has 3 aromatic carbocycles. The molecule has 0 bridgehead atoms. The van der Waals surface area contributed by atoms with Crippen LogP contribution in [0.2, 0.25) is 0 Å². The van der Waals surface area contributed by atoms with E-state index >= 15 is 0 Å². The highest BCUT2D eigenvalue weighted by atomic mass is 16.5. The lowest BCUT2D eigenvalue weighted by Crippen LogP contribution is -2.10. The number of hydrogen-bond donors (Lipinski definition) is 1. The van der Waals surface area contributed by atoms with Gasteiger partial charge in [-0.1, -0.05) is 30.3 Å². The van der Waals surface area contributed by atoms with Crippen molar-refractivity contribution in [2.24, 2.45) is 0 Å². The second kappa shape index (κ2) is 12.0. The van der Waals surface area contributed by atoms with E-state index in [0.29, 0.717) is 22.4 Å². The number of rotatable bonds is 11. The molecule has 0 atom stereocenters. The van der Waals surface area contributed by atoms with Crippen molar-refractivity contribution < 1.29 is 38.4 Å². The van der Waals surface area contributed by atoms with Crippen molar-refractivity contribution >= 4 is 23.8 Å². The minimum atomic E-state index is -1.12. The fourth-order valence-corrected chi connectivity index (χ4v) is 3.11. The molecule has 0 aromatic heterocycles. The van der Waals surface area contributed by atoms with Gasteiger partial charge in [-0.25, -0.2) is 9.59 Å². The Labute approximate surface area is 202 Å². The molecule has 0 unspecified atom stereocenters. The number of esters is 1. The second-order valence-corrected chi connectivity index (χ2v) is 7.26. The molecule has 1 N–H and O–H groups in total. The van der Waals surface area contributed by atoms with Crippen LogP contribution in [-0.4, -0.2) is 43.7 Å². The SMILES string of the molecule is COC(=O)c1ccc(COc2ccccc2/C=C/C(=O)c2ccc(OCC(=O)O)c(OC)c2)cc1. The molecule has 0 aliphatic heterocycles. The predicted octanol–water partition coefficient (Wildman–Crippen LogP) is 4.42. The maximum absolute atomic E-state index is 12.7. The van der Waals surface area contributed by atoms with Crippen molar-refractivity contribution in [2.45, 2.75) is 6.61 Å². The largest absolute Gasteiger partial charge is 0.493 e. The molecule has 0 aliphatic carbocycles. The number of carbonyl (C=O) groups is 3. The maximum atomic E-state index is 12.7. The van der Waals surface area contributed by atoms with Gasteiger partial charge in [0.15, 0.2) is 23.9 Å². The van der Waals surface area contributed by atoms with Crippen LogP contribution in [0.5, 0.6) is 17.2 Å². The van der Waals surface area contributed by atoms with E-state index in [2.05, 4.69) is 0 Å². The van der Waals surface area contributed by atoms with Crippen LogP contribution in [0.15, 0.2) is 72.8 Å². The van der Waals surface area contributed by atoms with Crippen LogP contribution in [0.25, 0.3) is 6.08 Å². The summed E-state index contributed by atoms with van der Waals surface area (Å²) in [4.78, 5) is 35.0. The zero-order valence-electron chi connectivity index (χ0n) is 19.2. The normalized spacial score (nSPS) is 10.6. The van der Waals surface area contributed by atoms with Gasteiger partial charge in [-0.3, -0.25) is 4.79 Å². The Balaban J connectivity index is 1.69. The van der Waals surface area contributed by atoms with Crippen LogP contribution in [-0.2, 0) is 16.1 Å². The number of carbonyl (C=O) groups excluding carboxylic acids is 2. The summed E-state index contributed by atoms with van der Waals surface area (Å²) in [6.45, 7) is -0.245. The predicted molar refractivity (Wildman–Crippen MR) is 128 cm³/mol. The Morgan fingerprint density at radius 1 is 0.829 bits per heavy atom. The van der Waals surface area contributed by atoms with Gasteiger partial charge < -0.3 is 24.1 Å². The van der Waals surface area contributed by atoms with Crippen LogP contribution in [0.3, 0.4) is 0 Å². The summed E-state index contributed by atoms with van der Waals surface area (Å²) in [5, 5.41) is 8.77. The number of methoxy groups -OCH3 is 2. The number of benzene rings is 3. The fourth-order valence-electron chi connectivity index (χ4n) is 3.11. The van der Waals surface area contributed by atoms with E-state index in [1.54, 1.807) is 36.4 Å². The van der Waals surface area contributed by atoms with Gasteiger partial charge in [-0.2, -0.15) is 0 Å². The van der Waals surface area contributed by atoms with Gasteiger partial charge in [0.2, 0.25) is 0 Å². The van der Waals surface area contributed by atoms with Gasteiger partial charge in [0.25, 0.3) is 0 Å². The monoisotopic (exact) mass is 476 g/mol. The lowest BCUT2D eigenvalue weighted by Gasteiger charge is -2.10. The molecule has 8 nitrogen and oxygen atoms in total. The second-order valence-electron chi connectivity index (χ2n) is 7.26. The molecule has 0 saturated heterocycles. The summed E-state index contributed by atoms with van der Waals surface area (Å²) >= 11 is 0. The zero-order chi connectivity index (χ0) is 25.2. The molecule has 0 saturated carbocycles. The maximum Gasteiger partial charge on any atom is 0.341 e. The summed E-state index contributed by atoms with van der Waals surface area (Å²) in [5.41, 5.74) is 2.38. The van der Waals surface area contributed by atoms with Gasteiger partial charge in [0.1, 0.15) is 12.4 Å². The Hall–Kier alpha value is -4.59. The average molecular weight is 476 g/mol. The van der Waals surface area contributed by atoms with Crippen LogP contribution in [0, 0.1) is 0 Å². The molecule has 3 rings (SSSR count). The summed E-state index contributed by atoms with van der Waals surface area (Å²) in [7, 11) is 2.74. The first kappa shape index (κ1) is 25.0. The Morgan fingerprint density at radius 3 is 2.23 bits per heavy atom. The van der Waals surface area contributed by atoms with Gasteiger partial charge in [0.05, 0.1) is 19.8 Å². The van der Waals surface area contributed by atoms with Crippen molar-refractivity contribution in [3.05, 3.63) is 95.1 Å². The first-order valence-electron chi connectivity index (χ1n) is 10.6. The summed E-state index contributed by atoms with van der Waals surface area (Å²) in [5.74, 6) is -0.724. The van der Waals surface area contributed by atoms with Crippen molar-refractivity contribution in [3.8, 4) is 17.2 Å². The van der Waals surface area contributed by atoms with E-state index in [0.717, 1.165) is 5.56 Å². The van der Waals surface area contributed by atoms with E-state index in [1.165, 1.54) is 38.5 Å². The topological polar surface area (TPSA) is 108 Å². The fraction of sp³-hybridized carbons (Fsp3) is 0.148. The van der Waals surface area contributed by atoms with Gasteiger partial charge in [-0.15, -0.1) is 0 Å². The highest BCUT2D eigenvalue weighted by Gasteiger charge is 2.11. The molecule has 0 spiro atoms. The third-order valence-electron chi connectivity index (χ3n) is 4.90. The molecule has 35 heavy (non-hydrogen) atoms. The quantitative estimate of drug-likeness (QED) is 0.246. The Morgan fingerprint density at radius 2 is 1.54 bits per heavy atom. The van der Waals surface area contributed by atoms with Crippen molar-refractivity contribution in [1.29, 1.82) is 0 Å². The number of allylic oxidation sites excluding steroid dienone is 1. The molecular formula is C27H24O8. The van der Waals surface area contributed by atoms with E-state index in [1.807, 2.05) is 18.2 Å². The van der Waals surface area contributed by atoms with E-state index in [4.69, 9.17) is 24.1 Å². The number of aliphatic carboxylic acids is 1. The number of para-hydroxylation sites is 1. The number of carboxylic acid groups (broad SMARTS) is 1. The molecule has 8 heteroatoms. The van der Waals surface area contributed by atoms with Crippen molar-refractivity contribution in [3.63, 3.8) is 0 Å². The van der Waals surface area contributed by atoms with Gasteiger partial charge >= 0.3 is 11.9 Å². The third-order valence-corrected chi connectivity index (χ3v) is 4.90. The average Bonchev–Trinajstić information content (AvgIpc) is 2.89. The molecular weight excluding hydrogens is 452 g/mol. The number of carboxylic acids is 1. The first-order valence-corrected chi connectivity index (χ1v) is 10.6. The van der Waals surface area contributed by atoms with Crippen LogP contribution in [0.1, 0.15) is 31.8 Å². The van der Waals surface area contributed by atoms with E-state index in [9.17, 15) is 14.4 Å².